The van der Waals surface area contributed by atoms with Crippen LogP contribution in [0.15, 0.2) is 206 Å². The maximum atomic E-state index is 2.68. The molecule has 7 aromatic rings. The summed E-state index contributed by atoms with van der Waals surface area (Å²) < 4.78 is 0. The van der Waals surface area contributed by atoms with E-state index < -0.39 is 0 Å². The van der Waals surface area contributed by atoms with Crippen LogP contribution in [0.1, 0.15) is 41.4 Å². The van der Waals surface area contributed by atoms with E-state index in [1.54, 1.807) is 0 Å². The first-order valence-corrected chi connectivity index (χ1v) is 20.8. The zero-order valence-corrected chi connectivity index (χ0v) is 32.2. The molecule has 58 heavy (non-hydrogen) atoms. The van der Waals surface area contributed by atoms with Gasteiger partial charge in [-0.3, -0.25) is 0 Å². The van der Waals surface area contributed by atoms with Gasteiger partial charge in [0.25, 0.3) is 0 Å². The van der Waals surface area contributed by atoms with Gasteiger partial charge in [0.1, 0.15) is 0 Å². The highest BCUT2D eigenvalue weighted by Gasteiger charge is 2.40. The minimum Gasteiger partial charge on any atom is -0.333 e. The number of anilines is 4. The molecule has 0 aromatic heterocycles. The van der Waals surface area contributed by atoms with Crippen LogP contribution in [0.3, 0.4) is 0 Å². The molecule has 276 valence electrons. The Balaban J connectivity index is 1.08. The van der Waals surface area contributed by atoms with E-state index in [-0.39, 0.29) is 18.0 Å². The monoisotopic (exact) mass is 742 g/mol. The lowest BCUT2D eigenvalue weighted by Gasteiger charge is -2.38. The van der Waals surface area contributed by atoms with Gasteiger partial charge < -0.3 is 9.80 Å². The number of hydrogen-bond acceptors (Lipinski definition) is 2. The Morgan fingerprint density at radius 3 is 2.24 bits per heavy atom. The molecule has 3 unspecified atom stereocenters. The molecule has 0 amide bonds. The Morgan fingerprint density at radius 2 is 1.31 bits per heavy atom. The molecule has 0 spiro atoms. The summed E-state index contributed by atoms with van der Waals surface area (Å²) in [7, 11) is 0. The SMILES string of the molecule is C1=CCC(c2ccccc2N2c3ccc(N(c4cccc5c4-c4cccc6cc7ccccc7c-5c46)C4CC=CC=C4c4ccccc4)cc3C3C=CC=C[C@@H]32)C=C1. The smallest absolute Gasteiger partial charge is 0.0632 e. The Labute approximate surface area is 340 Å². The third kappa shape index (κ3) is 5.04. The standard InChI is InChI=1S/C56H42N2/c1-3-17-37(18-4-1)42-23-9-12-29-49(42)57(53-32-16-28-47-55(53)46-27-15-22-40-35-39-21-7-8-25-44(39)56(47)54(40)46)41-33-34-52-48(36-41)45-26-11-14-31-51(45)58(52)50-30-13-10-24-43(50)38-19-5-2-6-20-38/h1-19,21-28,30-36,38,45,49,51H,20,29H2/t38?,45?,49?,51-/m0/s1. The van der Waals surface area contributed by atoms with Gasteiger partial charge in [0.05, 0.1) is 17.8 Å². The summed E-state index contributed by atoms with van der Waals surface area (Å²) in [6.45, 7) is 0. The predicted octanol–water partition coefficient (Wildman–Crippen LogP) is 14.5. The van der Waals surface area contributed by atoms with Crippen molar-refractivity contribution < 1.29 is 0 Å². The molecule has 0 fully saturated rings. The molecule has 0 N–H and O–H groups in total. The number of allylic oxidation sites excluding steroid dienone is 8. The minimum absolute atomic E-state index is 0.0820. The van der Waals surface area contributed by atoms with Gasteiger partial charge in [-0.25, -0.2) is 0 Å². The molecule has 1 heterocycles. The Morgan fingerprint density at radius 1 is 0.534 bits per heavy atom. The Hall–Kier alpha value is -6.90. The van der Waals surface area contributed by atoms with Crippen LogP contribution in [0, 0.1) is 0 Å². The highest BCUT2D eigenvalue weighted by molar-refractivity contribution is 6.25. The van der Waals surface area contributed by atoms with Gasteiger partial charge in [-0.05, 0) is 110 Å². The third-order valence-corrected chi connectivity index (χ3v) is 13.2. The second-order valence-electron chi connectivity index (χ2n) is 16.2. The summed E-state index contributed by atoms with van der Waals surface area (Å²) in [6.07, 6.45) is 27.2. The first-order valence-electron chi connectivity index (χ1n) is 20.8. The minimum atomic E-state index is 0.0820. The zero-order chi connectivity index (χ0) is 38.2. The number of para-hydroxylation sites is 1. The van der Waals surface area contributed by atoms with E-state index in [9.17, 15) is 0 Å². The van der Waals surface area contributed by atoms with Crippen LogP contribution in [0.4, 0.5) is 22.7 Å². The van der Waals surface area contributed by atoms with Crippen LogP contribution in [0.2, 0.25) is 0 Å². The number of benzene rings is 7. The van der Waals surface area contributed by atoms with E-state index in [1.807, 2.05) is 0 Å². The summed E-state index contributed by atoms with van der Waals surface area (Å²) in [4.78, 5) is 5.30. The van der Waals surface area contributed by atoms with Crippen molar-refractivity contribution in [3.05, 3.63) is 223 Å². The summed E-state index contributed by atoms with van der Waals surface area (Å²) in [5.74, 6) is 0.591. The molecule has 5 aliphatic rings. The van der Waals surface area contributed by atoms with E-state index in [4.69, 9.17) is 0 Å². The Bertz CT molecular complexity index is 2990. The second-order valence-corrected chi connectivity index (χ2v) is 16.2. The highest BCUT2D eigenvalue weighted by atomic mass is 15.2. The van der Waals surface area contributed by atoms with Gasteiger partial charge in [0, 0.05) is 34.5 Å². The topological polar surface area (TPSA) is 6.48 Å². The van der Waals surface area contributed by atoms with E-state index in [2.05, 4.69) is 216 Å². The van der Waals surface area contributed by atoms with E-state index in [0.29, 0.717) is 5.92 Å². The number of rotatable bonds is 6. The van der Waals surface area contributed by atoms with Gasteiger partial charge in [-0.15, -0.1) is 0 Å². The molecular formula is C56H42N2. The highest BCUT2D eigenvalue weighted by Crippen LogP contribution is 2.57. The van der Waals surface area contributed by atoms with E-state index >= 15 is 0 Å². The lowest BCUT2D eigenvalue weighted by molar-refractivity contribution is 0.736. The lowest BCUT2D eigenvalue weighted by atomic mass is 9.88. The van der Waals surface area contributed by atoms with Crippen LogP contribution in [0.5, 0.6) is 0 Å². The van der Waals surface area contributed by atoms with Gasteiger partial charge in [-0.1, -0.05) is 170 Å². The number of nitrogens with zero attached hydrogens (tertiary/aromatic N) is 2. The molecule has 12 rings (SSSR count). The fourth-order valence-electron chi connectivity index (χ4n) is 10.7. The molecular weight excluding hydrogens is 701 g/mol. The molecule has 0 bridgehead atoms. The van der Waals surface area contributed by atoms with E-state index in [1.165, 1.54) is 88.8 Å². The van der Waals surface area contributed by atoms with Crippen LogP contribution in [-0.2, 0) is 0 Å². The van der Waals surface area contributed by atoms with Crippen molar-refractivity contribution in [3.8, 4) is 22.3 Å². The van der Waals surface area contributed by atoms with Crippen molar-refractivity contribution >= 4 is 49.9 Å². The molecule has 2 nitrogen and oxygen atoms in total. The molecule has 4 aliphatic carbocycles. The normalized spacial score (nSPS) is 20.7. The van der Waals surface area contributed by atoms with Gasteiger partial charge in [0.15, 0.2) is 0 Å². The zero-order valence-electron chi connectivity index (χ0n) is 32.2. The first-order chi connectivity index (χ1) is 28.8. The molecule has 0 saturated heterocycles. The number of fused-ring (bicyclic) bond motifs is 8. The maximum Gasteiger partial charge on any atom is 0.0632 e. The molecule has 7 aromatic carbocycles. The van der Waals surface area contributed by atoms with Crippen molar-refractivity contribution in [1.29, 1.82) is 0 Å². The van der Waals surface area contributed by atoms with Gasteiger partial charge in [0.2, 0.25) is 0 Å². The van der Waals surface area contributed by atoms with Crippen LogP contribution in [-0.4, -0.2) is 12.1 Å². The average molecular weight is 743 g/mol. The summed E-state index contributed by atoms with van der Waals surface area (Å²) >= 11 is 0. The first kappa shape index (κ1) is 33.3. The third-order valence-electron chi connectivity index (χ3n) is 13.2. The molecule has 0 radical (unpaired) electrons. The summed E-state index contributed by atoms with van der Waals surface area (Å²) in [5, 5.41) is 5.26. The fourth-order valence-corrected chi connectivity index (χ4v) is 10.7. The molecule has 0 saturated carbocycles. The molecule has 2 heteroatoms. The van der Waals surface area contributed by atoms with Crippen molar-refractivity contribution in [3.63, 3.8) is 0 Å². The largest absolute Gasteiger partial charge is 0.333 e. The van der Waals surface area contributed by atoms with Gasteiger partial charge in [-0.2, -0.15) is 0 Å². The second kappa shape index (κ2) is 13.4. The fraction of sp³-hybridized carbons (Fsp3) is 0.107. The number of hydrogen-bond donors (Lipinski definition) is 0. The Kier molecular flexibility index (Phi) is 7.66. The quantitative estimate of drug-likeness (QED) is 0.157. The molecule has 1 aliphatic heterocycles. The van der Waals surface area contributed by atoms with Crippen LogP contribution in [0.25, 0.3) is 49.4 Å². The van der Waals surface area contributed by atoms with Crippen molar-refractivity contribution in [2.45, 2.75) is 36.8 Å². The van der Waals surface area contributed by atoms with Crippen LogP contribution < -0.4 is 9.80 Å². The average Bonchev–Trinajstić information content (AvgIpc) is 3.82. The van der Waals surface area contributed by atoms with Crippen molar-refractivity contribution in [1.82, 2.24) is 0 Å². The van der Waals surface area contributed by atoms with Crippen molar-refractivity contribution in [2.24, 2.45) is 0 Å². The predicted molar refractivity (Wildman–Crippen MR) is 245 cm³/mol. The maximum absolute atomic E-state index is 2.68. The van der Waals surface area contributed by atoms with E-state index in [0.717, 1.165) is 12.8 Å². The van der Waals surface area contributed by atoms with Crippen LogP contribution >= 0.6 is 0 Å². The molecule has 4 atom stereocenters. The summed E-state index contributed by atoms with van der Waals surface area (Å²) in [5.41, 5.74) is 15.8. The van der Waals surface area contributed by atoms with Crippen molar-refractivity contribution in [2.75, 3.05) is 9.80 Å². The van der Waals surface area contributed by atoms with Gasteiger partial charge >= 0.3 is 0 Å². The summed E-state index contributed by atoms with van der Waals surface area (Å²) in [6, 6.07) is 52.9. The lowest BCUT2D eigenvalue weighted by Crippen LogP contribution is -2.33.